The van der Waals surface area contributed by atoms with E-state index in [1.165, 1.54) is 0 Å². The Bertz CT molecular complexity index is 1190. The summed E-state index contributed by atoms with van der Waals surface area (Å²) in [5.74, 6) is -0.0552. The smallest absolute Gasteiger partial charge is 0.320 e. The zero-order valence-electron chi connectivity index (χ0n) is 18.2. The number of hydrogen-bond acceptors (Lipinski definition) is 4. The number of carbonyl (C=O) groups is 2. The summed E-state index contributed by atoms with van der Waals surface area (Å²) < 4.78 is 5.34. The molecule has 3 aromatic rings. The van der Waals surface area contributed by atoms with Gasteiger partial charge in [-0.2, -0.15) is 0 Å². The van der Waals surface area contributed by atoms with Gasteiger partial charge in [0, 0.05) is 55.2 Å². The summed E-state index contributed by atoms with van der Waals surface area (Å²) in [5.41, 5.74) is 2.81. The minimum Gasteiger partial charge on any atom is -0.378 e. The van der Waals surface area contributed by atoms with Crippen molar-refractivity contribution in [1.29, 1.82) is 0 Å². The van der Waals surface area contributed by atoms with Crippen molar-refractivity contribution in [2.75, 3.05) is 52.5 Å². The maximum absolute atomic E-state index is 13.6. The molecule has 2 fully saturated rings. The van der Waals surface area contributed by atoms with Gasteiger partial charge >= 0.3 is 6.03 Å². The fourth-order valence-electron chi connectivity index (χ4n) is 4.39. The third kappa shape index (κ3) is 4.38. The van der Waals surface area contributed by atoms with Crippen LogP contribution >= 0.6 is 11.6 Å². The minimum absolute atomic E-state index is 0.0285. The fourth-order valence-corrected chi connectivity index (χ4v) is 4.62. The van der Waals surface area contributed by atoms with Crippen LogP contribution in [0.4, 0.5) is 4.79 Å². The normalized spacial score (nSPS) is 16.8. The van der Waals surface area contributed by atoms with Crippen molar-refractivity contribution in [1.82, 2.24) is 19.7 Å². The van der Waals surface area contributed by atoms with Gasteiger partial charge in [0.2, 0.25) is 0 Å². The number of ether oxygens (including phenoxy) is 1. The van der Waals surface area contributed by atoms with Gasteiger partial charge in [-0.25, -0.2) is 9.78 Å². The second-order valence-electron chi connectivity index (χ2n) is 8.21. The molecule has 0 bridgehead atoms. The van der Waals surface area contributed by atoms with Crippen molar-refractivity contribution >= 4 is 34.4 Å². The molecule has 0 aliphatic carbocycles. The van der Waals surface area contributed by atoms with Crippen molar-refractivity contribution in [3.8, 4) is 11.3 Å². The van der Waals surface area contributed by atoms with Gasteiger partial charge in [0.05, 0.1) is 30.0 Å². The van der Waals surface area contributed by atoms with E-state index in [9.17, 15) is 9.59 Å². The number of para-hydroxylation sites is 1. The molecule has 7 nitrogen and oxygen atoms in total. The number of rotatable bonds is 2. The predicted octanol–water partition coefficient (Wildman–Crippen LogP) is 3.77. The summed E-state index contributed by atoms with van der Waals surface area (Å²) in [5, 5.41) is 1.40. The first-order valence-corrected chi connectivity index (χ1v) is 11.5. The van der Waals surface area contributed by atoms with Gasteiger partial charge in [-0.1, -0.05) is 48.0 Å². The van der Waals surface area contributed by atoms with E-state index >= 15 is 0 Å². The Hall–Kier alpha value is -3.16. The number of carbonyl (C=O) groups excluding carboxylic acids is 2. The molecule has 3 heterocycles. The zero-order chi connectivity index (χ0) is 22.8. The lowest BCUT2D eigenvalue weighted by molar-refractivity contribution is 0.0363. The second-order valence-corrected chi connectivity index (χ2v) is 8.62. The number of pyridine rings is 1. The highest BCUT2D eigenvalue weighted by molar-refractivity contribution is 6.33. The highest BCUT2D eigenvalue weighted by atomic mass is 35.5. The van der Waals surface area contributed by atoms with Crippen molar-refractivity contribution in [2.24, 2.45) is 0 Å². The Morgan fingerprint density at radius 3 is 2.21 bits per heavy atom. The molecule has 0 atom stereocenters. The summed E-state index contributed by atoms with van der Waals surface area (Å²) >= 11 is 6.42. The van der Waals surface area contributed by atoms with Crippen LogP contribution in [0.15, 0.2) is 54.6 Å². The summed E-state index contributed by atoms with van der Waals surface area (Å²) in [6.07, 6.45) is 0. The predicted molar refractivity (Wildman–Crippen MR) is 127 cm³/mol. The molecule has 3 amide bonds. The quantitative estimate of drug-likeness (QED) is 0.579. The molecule has 0 radical (unpaired) electrons. The third-order valence-electron chi connectivity index (χ3n) is 6.22. The van der Waals surface area contributed by atoms with Gasteiger partial charge in [0.1, 0.15) is 0 Å². The van der Waals surface area contributed by atoms with Crippen LogP contribution in [-0.4, -0.2) is 84.1 Å². The molecule has 33 heavy (non-hydrogen) atoms. The average Bonchev–Trinajstić information content (AvgIpc) is 2.88. The first-order chi connectivity index (χ1) is 16.1. The topological polar surface area (TPSA) is 66.0 Å². The van der Waals surface area contributed by atoms with Crippen LogP contribution < -0.4 is 0 Å². The molecule has 1 aromatic heterocycles. The van der Waals surface area contributed by atoms with Gasteiger partial charge in [-0.05, 0) is 18.2 Å². The lowest BCUT2D eigenvalue weighted by Crippen LogP contribution is -2.55. The molecule has 0 unspecified atom stereocenters. The molecule has 2 saturated heterocycles. The van der Waals surface area contributed by atoms with Gasteiger partial charge < -0.3 is 19.4 Å². The first kappa shape index (κ1) is 21.7. The van der Waals surface area contributed by atoms with Crippen LogP contribution in [-0.2, 0) is 4.74 Å². The number of hydrogen-bond donors (Lipinski definition) is 0. The monoisotopic (exact) mass is 464 g/mol. The van der Waals surface area contributed by atoms with Crippen LogP contribution in [0.25, 0.3) is 22.2 Å². The van der Waals surface area contributed by atoms with E-state index < -0.39 is 0 Å². The summed E-state index contributed by atoms with van der Waals surface area (Å²) in [4.78, 5) is 36.6. The van der Waals surface area contributed by atoms with E-state index in [2.05, 4.69) is 0 Å². The highest BCUT2D eigenvalue weighted by Gasteiger charge is 2.29. The maximum Gasteiger partial charge on any atom is 0.320 e. The Morgan fingerprint density at radius 2 is 1.45 bits per heavy atom. The number of urea groups is 1. The number of aromatic nitrogens is 1. The summed E-state index contributed by atoms with van der Waals surface area (Å²) in [7, 11) is 0. The second kappa shape index (κ2) is 9.37. The van der Waals surface area contributed by atoms with Crippen molar-refractivity contribution in [2.45, 2.75) is 0 Å². The number of morpholine rings is 1. The zero-order valence-corrected chi connectivity index (χ0v) is 19.0. The lowest BCUT2D eigenvalue weighted by Gasteiger charge is -2.38. The van der Waals surface area contributed by atoms with Crippen LogP contribution in [0, 0.1) is 0 Å². The molecule has 2 aromatic carbocycles. The Kier molecular flexibility index (Phi) is 6.15. The molecular formula is C25H25ClN4O3. The average molecular weight is 465 g/mol. The van der Waals surface area contributed by atoms with E-state index in [4.69, 9.17) is 21.3 Å². The van der Waals surface area contributed by atoms with Crippen LogP contribution in [0.1, 0.15) is 10.4 Å². The number of halogens is 1. The molecular weight excluding hydrogens is 440 g/mol. The van der Waals surface area contributed by atoms with Crippen LogP contribution in [0.3, 0.4) is 0 Å². The van der Waals surface area contributed by atoms with Gasteiger partial charge in [-0.3, -0.25) is 4.79 Å². The van der Waals surface area contributed by atoms with Gasteiger partial charge in [0.25, 0.3) is 5.91 Å². The van der Waals surface area contributed by atoms with E-state index in [0.717, 1.165) is 16.5 Å². The first-order valence-electron chi connectivity index (χ1n) is 11.2. The minimum atomic E-state index is -0.0552. The molecule has 2 aliphatic rings. The molecule has 5 rings (SSSR count). The molecule has 8 heteroatoms. The van der Waals surface area contributed by atoms with Gasteiger partial charge in [0.15, 0.2) is 0 Å². The molecule has 0 saturated carbocycles. The summed E-state index contributed by atoms with van der Waals surface area (Å²) in [6, 6.07) is 17.0. The van der Waals surface area contributed by atoms with E-state index in [1.807, 2.05) is 69.3 Å². The number of benzene rings is 2. The van der Waals surface area contributed by atoms with E-state index in [0.29, 0.717) is 68.8 Å². The number of fused-ring (bicyclic) bond motifs is 1. The number of amides is 3. The number of nitrogens with zero attached hydrogens (tertiary/aromatic N) is 4. The van der Waals surface area contributed by atoms with Gasteiger partial charge in [-0.15, -0.1) is 0 Å². The third-order valence-corrected chi connectivity index (χ3v) is 6.54. The van der Waals surface area contributed by atoms with E-state index in [1.54, 1.807) is 0 Å². The van der Waals surface area contributed by atoms with E-state index in [-0.39, 0.29) is 11.9 Å². The standard InChI is InChI=1S/C25H25ClN4O3/c26-21-7-3-1-6-19(21)23-17-20(18-5-2-4-8-22(18)27-23)24(31)28-9-11-29(12-10-28)25(32)30-13-15-33-16-14-30/h1-8,17H,9-16H2. The summed E-state index contributed by atoms with van der Waals surface area (Å²) in [6.45, 7) is 4.41. The fraction of sp³-hybridized carbons (Fsp3) is 0.320. The largest absolute Gasteiger partial charge is 0.378 e. The molecule has 0 spiro atoms. The Morgan fingerprint density at radius 1 is 0.818 bits per heavy atom. The Labute approximate surface area is 197 Å². The SMILES string of the molecule is O=C(c1cc(-c2ccccc2Cl)nc2ccccc12)N1CCN(C(=O)N2CCOCC2)CC1. The number of piperazine rings is 1. The molecule has 170 valence electrons. The highest BCUT2D eigenvalue weighted by Crippen LogP contribution is 2.30. The maximum atomic E-state index is 13.6. The van der Waals surface area contributed by atoms with Crippen LogP contribution in [0.2, 0.25) is 5.02 Å². The van der Waals surface area contributed by atoms with Crippen molar-refractivity contribution in [3.63, 3.8) is 0 Å². The van der Waals surface area contributed by atoms with Crippen molar-refractivity contribution in [3.05, 3.63) is 65.2 Å². The lowest BCUT2D eigenvalue weighted by atomic mass is 10.0. The molecule has 2 aliphatic heterocycles. The Balaban J connectivity index is 1.38. The van der Waals surface area contributed by atoms with Crippen LogP contribution in [0.5, 0.6) is 0 Å². The van der Waals surface area contributed by atoms with Crippen molar-refractivity contribution < 1.29 is 14.3 Å². The molecule has 0 N–H and O–H groups in total.